The molecule has 0 aliphatic heterocycles. The Bertz CT molecular complexity index is 390. The number of oxime groups is 1. The van der Waals surface area contributed by atoms with Crippen LogP contribution in [-0.2, 0) is 13.5 Å². The Morgan fingerprint density at radius 3 is 2.86 bits per heavy atom. The second-order valence-electron chi connectivity index (χ2n) is 4.69. The molecule has 1 aliphatic carbocycles. The highest BCUT2D eigenvalue weighted by atomic mass is 16.4. The Morgan fingerprint density at radius 2 is 2.21 bits per heavy atom. The van der Waals surface area contributed by atoms with Crippen LogP contribution >= 0.6 is 0 Å². The maximum atomic E-state index is 8.93. The zero-order chi connectivity index (χ0) is 10.3. The van der Waals surface area contributed by atoms with Gasteiger partial charge in [0.25, 0.3) is 0 Å². The Balaban J connectivity index is 2.54. The van der Waals surface area contributed by atoms with Crippen molar-refractivity contribution in [1.82, 2.24) is 9.78 Å². The number of rotatable bonds is 0. The highest BCUT2D eigenvalue weighted by Gasteiger charge is 2.32. The lowest BCUT2D eigenvalue weighted by atomic mass is 9.76. The molecular formula is C10H15N3O. The number of nitrogens with zero attached hydrogens (tertiary/aromatic N) is 3. The summed E-state index contributed by atoms with van der Waals surface area (Å²) < 4.78 is 1.86. The summed E-state index contributed by atoms with van der Waals surface area (Å²) in [7, 11) is 1.93. The monoisotopic (exact) mass is 193 g/mol. The number of aryl methyl sites for hydroxylation is 1. The maximum absolute atomic E-state index is 8.93. The molecule has 1 heterocycles. The largest absolute Gasteiger partial charge is 0.411 e. The normalized spacial score (nSPS) is 22.4. The highest BCUT2D eigenvalue weighted by Crippen LogP contribution is 2.34. The number of hydrogen-bond donors (Lipinski definition) is 1. The fourth-order valence-corrected chi connectivity index (χ4v) is 2.07. The smallest absolute Gasteiger partial charge is 0.0907 e. The molecule has 0 spiro atoms. The quantitative estimate of drug-likeness (QED) is 0.502. The van der Waals surface area contributed by atoms with Crippen molar-refractivity contribution in [1.29, 1.82) is 0 Å². The van der Waals surface area contributed by atoms with E-state index in [-0.39, 0.29) is 5.41 Å². The highest BCUT2D eigenvalue weighted by molar-refractivity contribution is 6.02. The lowest BCUT2D eigenvalue weighted by Gasteiger charge is -2.29. The van der Waals surface area contributed by atoms with Crippen molar-refractivity contribution < 1.29 is 5.21 Å². The summed E-state index contributed by atoms with van der Waals surface area (Å²) in [5, 5.41) is 16.5. The Morgan fingerprint density at radius 1 is 1.50 bits per heavy atom. The van der Waals surface area contributed by atoms with Gasteiger partial charge in [0.15, 0.2) is 0 Å². The van der Waals surface area contributed by atoms with Gasteiger partial charge in [-0.1, -0.05) is 19.0 Å². The van der Waals surface area contributed by atoms with E-state index in [1.54, 1.807) is 6.20 Å². The molecule has 1 N–H and O–H groups in total. The summed E-state index contributed by atoms with van der Waals surface area (Å²) in [6.07, 6.45) is 3.57. The van der Waals surface area contributed by atoms with Crippen molar-refractivity contribution in [2.75, 3.05) is 0 Å². The topological polar surface area (TPSA) is 50.4 Å². The lowest BCUT2D eigenvalue weighted by Crippen LogP contribution is -2.28. The van der Waals surface area contributed by atoms with Crippen LogP contribution in [0.1, 0.15) is 31.5 Å². The van der Waals surface area contributed by atoms with Crippen LogP contribution < -0.4 is 0 Å². The van der Waals surface area contributed by atoms with Crippen LogP contribution in [0.15, 0.2) is 11.4 Å². The van der Waals surface area contributed by atoms with Crippen LogP contribution in [0.25, 0.3) is 0 Å². The van der Waals surface area contributed by atoms with E-state index in [0.29, 0.717) is 0 Å². The van der Waals surface area contributed by atoms with Gasteiger partial charge in [0.05, 0.1) is 11.9 Å². The minimum Gasteiger partial charge on any atom is -0.411 e. The van der Waals surface area contributed by atoms with Gasteiger partial charge in [0.2, 0.25) is 0 Å². The van der Waals surface area contributed by atoms with Crippen LogP contribution in [0, 0.1) is 5.41 Å². The van der Waals surface area contributed by atoms with Crippen LogP contribution in [0.2, 0.25) is 0 Å². The van der Waals surface area contributed by atoms with Gasteiger partial charge in [-0.3, -0.25) is 4.68 Å². The molecule has 0 unspecified atom stereocenters. The molecule has 0 radical (unpaired) electrons. The first-order valence-corrected chi connectivity index (χ1v) is 4.76. The van der Waals surface area contributed by atoms with Crippen LogP contribution in [0.4, 0.5) is 0 Å². The summed E-state index contributed by atoms with van der Waals surface area (Å²) in [5.41, 5.74) is 3.07. The van der Waals surface area contributed by atoms with Crippen molar-refractivity contribution in [2.24, 2.45) is 17.6 Å². The van der Waals surface area contributed by atoms with E-state index >= 15 is 0 Å². The van der Waals surface area contributed by atoms with Gasteiger partial charge >= 0.3 is 0 Å². The standard InChI is InChI=1S/C10H15N3O/c1-10(2)4-8(12-14)7-6-11-13(3)9(7)5-10/h6,14H,4-5H2,1-3H3. The third kappa shape index (κ3) is 1.31. The van der Waals surface area contributed by atoms with Gasteiger partial charge in [-0.25, -0.2) is 0 Å². The predicted molar refractivity (Wildman–Crippen MR) is 53.6 cm³/mol. The van der Waals surface area contributed by atoms with Gasteiger partial charge in [0, 0.05) is 18.3 Å². The maximum Gasteiger partial charge on any atom is 0.0907 e. The summed E-state index contributed by atoms with van der Waals surface area (Å²) in [4.78, 5) is 0. The third-order valence-corrected chi connectivity index (χ3v) is 2.79. The average molecular weight is 193 g/mol. The predicted octanol–water partition coefficient (Wildman–Crippen LogP) is 1.57. The molecule has 1 aliphatic rings. The Kier molecular flexibility index (Phi) is 1.87. The number of aromatic nitrogens is 2. The summed E-state index contributed by atoms with van der Waals surface area (Å²) in [6.45, 7) is 4.35. The molecule has 1 aromatic rings. The first kappa shape index (κ1) is 9.24. The molecule has 0 bridgehead atoms. The Hall–Kier alpha value is -1.32. The van der Waals surface area contributed by atoms with Gasteiger partial charge in [-0.2, -0.15) is 5.10 Å². The van der Waals surface area contributed by atoms with Crippen LogP contribution in [0.3, 0.4) is 0 Å². The zero-order valence-corrected chi connectivity index (χ0v) is 8.78. The molecule has 4 nitrogen and oxygen atoms in total. The first-order chi connectivity index (χ1) is 6.53. The SMILES string of the molecule is Cn1ncc2c1CC(C)(C)CC2=NO. The second kappa shape index (κ2) is 2.83. The fraction of sp³-hybridized carbons (Fsp3) is 0.600. The first-order valence-electron chi connectivity index (χ1n) is 4.76. The van der Waals surface area contributed by atoms with Gasteiger partial charge in [-0.15, -0.1) is 0 Å². The van der Waals surface area contributed by atoms with Crippen LogP contribution in [-0.4, -0.2) is 20.7 Å². The van der Waals surface area contributed by atoms with Crippen molar-refractivity contribution in [3.63, 3.8) is 0 Å². The minimum absolute atomic E-state index is 0.155. The molecule has 0 aromatic carbocycles. The third-order valence-electron chi connectivity index (χ3n) is 2.79. The lowest BCUT2D eigenvalue weighted by molar-refractivity contribution is 0.305. The molecule has 2 rings (SSSR count). The van der Waals surface area contributed by atoms with E-state index in [2.05, 4.69) is 24.1 Å². The summed E-state index contributed by atoms with van der Waals surface area (Å²) in [6, 6.07) is 0. The molecule has 0 atom stereocenters. The van der Waals surface area contributed by atoms with E-state index < -0.39 is 0 Å². The molecule has 0 amide bonds. The Labute approximate surface area is 83.2 Å². The second-order valence-corrected chi connectivity index (χ2v) is 4.69. The molecule has 4 heteroatoms. The zero-order valence-electron chi connectivity index (χ0n) is 8.78. The molecule has 76 valence electrons. The molecule has 1 aromatic heterocycles. The van der Waals surface area contributed by atoms with Crippen LogP contribution in [0.5, 0.6) is 0 Å². The fourth-order valence-electron chi connectivity index (χ4n) is 2.07. The van der Waals surface area contributed by atoms with Gasteiger partial charge in [-0.05, 0) is 18.3 Å². The van der Waals surface area contributed by atoms with Gasteiger partial charge < -0.3 is 5.21 Å². The molecule has 0 fully saturated rings. The number of hydrogen-bond acceptors (Lipinski definition) is 3. The molecule has 14 heavy (non-hydrogen) atoms. The number of fused-ring (bicyclic) bond motifs is 1. The summed E-state index contributed by atoms with van der Waals surface area (Å²) >= 11 is 0. The van der Waals surface area contributed by atoms with Crippen molar-refractivity contribution >= 4 is 5.71 Å². The van der Waals surface area contributed by atoms with Crippen molar-refractivity contribution in [3.05, 3.63) is 17.5 Å². The molecular weight excluding hydrogens is 178 g/mol. The van der Waals surface area contributed by atoms with Gasteiger partial charge in [0.1, 0.15) is 0 Å². The summed E-state index contributed by atoms with van der Waals surface area (Å²) in [5.74, 6) is 0. The van der Waals surface area contributed by atoms with E-state index in [1.165, 1.54) is 0 Å². The van der Waals surface area contributed by atoms with Crippen molar-refractivity contribution in [2.45, 2.75) is 26.7 Å². The van der Waals surface area contributed by atoms with E-state index in [9.17, 15) is 0 Å². The minimum atomic E-state index is 0.155. The van der Waals surface area contributed by atoms with Crippen molar-refractivity contribution in [3.8, 4) is 0 Å². The average Bonchev–Trinajstić information content (AvgIpc) is 2.45. The van der Waals surface area contributed by atoms with E-state index in [1.807, 2.05) is 11.7 Å². The molecule has 0 saturated carbocycles. The molecule has 0 saturated heterocycles. The van der Waals surface area contributed by atoms with E-state index in [0.717, 1.165) is 29.8 Å². The van der Waals surface area contributed by atoms with E-state index in [4.69, 9.17) is 5.21 Å².